The lowest BCUT2D eigenvalue weighted by Gasteiger charge is -2.26. The van der Waals surface area contributed by atoms with Crippen LogP contribution >= 0.6 is 0 Å². The Morgan fingerprint density at radius 3 is 0.966 bits per heavy atom. The molecule has 0 saturated heterocycles. The number of hydrogen-bond acceptors (Lipinski definition) is 11. The molecule has 0 saturated carbocycles. The molecule has 0 aromatic rings. The van der Waals surface area contributed by atoms with E-state index in [1.54, 1.807) is 0 Å². The van der Waals surface area contributed by atoms with Crippen LogP contribution in [0.3, 0.4) is 0 Å². The molecule has 0 amide bonds. The van der Waals surface area contributed by atoms with Crippen molar-refractivity contribution in [3.8, 4) is 0 Å². The Morgan fingerprint density at radius 1 is 0.373 bits per heavy atom. The summed E-state index contributed by atoms with van der Waals surface area (Å²) in [6.07, 6.45) is 35.8. The lowest BCUT2D eigenvalue weighted by Crippen LogP contribution is -2.39. The highest BCUT2D eigenvalue weighted by atomic mass is 16.6. The van der Waals surface area contributed by atoms with E-state index >= 15 is 0 Å². The molecule has 348 valence electrons. The van der Waals surface area contributed by atoms with Crippen molar-refractivity contribution in [2.24, 2.45) is 5.41 Å². The Balaban J connectivity index is 4.48. The molecule has 0 heterocycles. The van der Waals surface area contributed by atoms with E-state index in [1.165, 1.54) is 148 Å². The van der Waals surface area contributed by atoms with Crippen LogP contribution in [0.15, 0.2) is 0 Å². The fourth-order valence-corrected chi connectivity index (χ4v) is 6.96. The molecule has 0 rings (SSSR count). The molecule has 0 aliphatic rings. The Bertz CT molecular complexity index is 976. The number of carbonyl (C=O) groups is 4. The van der Waals surface area contributed by atoms with Crippen LogP contribution in [0.1, 0.15) is 232 Å². The Morgan fingerprint density at radius 2 is 0.644 bits per heavy atom. The molecule has 1 atom stereocenters. The van der Waals surface area contributed by atoms with Crippen LogP contribution in [-0.2, 0) is 38.1 Å². The fourth-order valence-electron chi connectivity index (χ4n) is 6.96. The standard InChI is InChI=1S/C48H90O11/c1-3-5-7-9-11-13-15-17-19-21-23-25-27-29-31-33-44(52)56-37-43(38-57-45(53)35-36-46(54)58-42-48(39-49,40-50)41-51)59-47(55)34-32-30-28-26-24-22-20-18-16-14-12-10-8-6-4-2/h43,49-51H,3-42H2,1-2H3. The van der Waals surface area contributed by atoms with Crippen LogP contribution in [0.4, 0.5) is 0 Å². The number of ether oxygens (including phenoxy) is 4. The van der Waals surface area contributed by atoms with E-state index in [0.29, 0.717) is 6.42 Å². The number of esters is 4. The van der Waals surface area contributed by atoms with Crippen molar-refractivity contribution in [3.63, 3.8) is 0 Å². The summed E-state index contributed by atoms with van der Waals surface area (Å²) < 4.78 is 21.3. The van der Waals surface area contributed by atoms with Gasteiger partial charge in [-0.2, -0.15) is 0 Å². The average molecular weight is 843 g/mol. The molecule has 0 radical (unpaired) electrons. The number of aliphatic hydroxyl groups is 3. The topological polar surface area (TPSA) is 166 Å². The second kappa shape index (κ2) is 42.5. The van der Waals surface area contributed by atoms with Crippen LogP contribution in [-0.4, -0.2) is 84.9 Å². The average Bonchev–Trinajstić information content (AvgIpc) is 3.24. The van der Waals surface area contributed by atoms with Gasteiger partial charge in [0.1, 0.15) is 19.8 Å². The second-order valence-corrected chi connectivity index (χ2v) is 17.0. The zero-order valence-corrected chi connectivity index (χ0v) is 38.0. The molecule has 3 N–H and O–H groups in total. The summed E-state index contributed by atoms with van der Waals surface area (Å²) in [5, 5.41) is 28.2. The summed E-state index contributed by atoms with van der Waals surface area (Å²) in [6, 6.07) is 0. The molecule has 11 heteroatoms. The van der Waals surface area contributed by atoms with E-state index in [0.717, 1.165) is 38.5 Å². The first-order valence-electron chi connectivity index (χ1n) is 24.2. The number of carbonyl (C=O) groups excluding carboxylic acids is 4. The third-order valence-corrected chi connectivity index (χ3v) is 11.2. The predicted molar refractivity (Wildman–Crippen MR) is 235 cm³/mol. The number of unbranched alkanes of at least 4 members (excludes halogenated alkanes) is 28. The van der Waals surface area contributed by atoms with Gasteiger partial charge in [-0.1, -0.05) is 194 Å². The minimum absolute atomic E-state index is 0.221. The van der Waals surface area contributed by atoms with Gasteiger partial charge in [0.2, 0.25) is 0 Å². The molecule has 0 aromatic carbocycles. The first-order valence-corrected chi connectivity index (χ1v) is 24.2. The van der Waals surface area contributed by atoms with Crippen LogP contribution in [0.5, 0.6) is 0 Å². The van der Waals surface area contributed by atoms with Gasteiger partial charge in [0, 0.05) is 12.8 Å². The highest BCUT2D eigenvalue weighted by Crippen LogP contribution is 2.18. The first kappa shape index (κ1) is 56.8. The number of rotatable bonds is 45. The van der Waals surface area contributed by atoms with Crippen LogP contribution in [0.2, 0.25) is 0 Å². The van der Waals surface area contributed by atoms with Gasteiger partial charge in [-0.15, -0.1) is 0 Å². The van der Waals surface area contributed by atoms with Crippen molar-refractivity contribution < 1.29 is 53.4 Å². The maximum atomic E-state index is 12.7. The second-order valence-electron chi connectivity index (χ2n) is 17.0. The maximum Gasteiger partial charge on any atom is 0.306 e. The van der Waals surface area contributed by atoms with E-state index in [4.69, 9.17) is 18.9 Å². The van der Waals surface area contributed by atoms with Gasteiger partial charge in [0.25, 0.3) is 0 Å². The molecular weight excluding hydrogens is 753 g/mol. The Hall–Kier alpha value is -2.24. The van der Waals surface area contributed by atoms with E-state index in [2.05, 4.69) is 13.8 Å². The van der Waals surface area contributed by atoms with Gasteiger partial charge >= 0.3 is 23.9 Å². The Labute approximate surface area is 359 Å². The largest absolute Gasteiger partial charge is 0.465 e. The molecule has 59 heavy (non-hydrogen) atoms. The smallest absolute Gasteiger partial charge is 0.306 e. The zero-order valence-electron chi connectivity index (χ0n) is 38.0. The van der Waals surface area contributed by atoms with Gasteiger partial charge in [0.15, 0.2) is 6.10 Å². The highest BCUT2D eigenvalue weighted by Gasteiger charge is 2.30. The summed E-state index contributed by atoms with van der Waals surface area (Å²) in [6.45, 7) is 1.78. The van der Waals surface area contributed by atoms with Crippen molar-refractivity contribution in [2.75, 3.05) is 39.6 Å². The van der Waals surface area contributed by atoms with Gasteiger partial charge in [-0.05, 0) is 12.8 Å². The first-order chi connectivity index (χ1) is 28.7. The summed E-state index contributed by atoms with van der Waals surface area (Å²) >= 11 is 0. The highest BCUT2D eigenvalue weighted by molar-refractivity contribution is 5.77. The molecule has 0 aliphatic heterocycles. The van der Waals surface area contributed by atoms with Crippen molar-refractivity contribution in [3.05, 3.63) is 0 Å². The van der Waals surface area contributed by atoms with E-state index in [1.807, 2.05) is 0 Å². The lowest BCUT2D eigenvalue weighted by molar-refractivity contribution is -0.167. The van der Waals surface area contributed by atoms with Gasteiger partial charge in [-0.25, -0.2) is 0 Å². The molecule has 0 bridgehead atoms. The summed E-state index contributed by atoms with van der Waals surface area (Å²) in [5.41, 5.74) is -1.37. The molecule has 0 spiro atoms. The van der Waals surface area contributed by atoms with Gasteiger partial charge < -0.3 is 34.3 Å². The van der Waals surface area contributed by atoms with Crippen molar-refractivity contribution in [2.45, 2.75) is 238 Å². The van der Waals surface area contributed by atoms with Crippen LogP contribution < -0.4 is 0 Å². The molecule has 0 aromatic heterocycles. The van der Waals surface area contributed by atoms with Crippen molar-refractivity contribution in [1.82, 2.24) is 0 Å². The predicted octanol–water partition coefficient (Wildman–Crippen LogP) is 10.8. The maximum absolute atomic E-state index is 12.7. The summed E-state index contributed by atoms with van der Waals surface area (Å²) in [4.78, 5) is 49.8. The molecular formula is C48H90O11. The normalized spacial score (nSPS) is 12.0. The zero-order chi connectivity index (χ0) is 43.5. The Kier molecular flexibility index (Phi) is 40.8. The van der Waals surface area contributed by atoms with E-state index in [9.17, 15) is 34.5 Å². The third kappa shape index (κ3) is 37.3. The molecule has 1 unspecified atom stereocenters. The molecule has 0 aliphatic carbocycles. The quantitative estimate of drug-likeness (QED) is 0.0303. The molecule has 0 fully saturated rings. The van der Waals surface area contributed by atoms with Crippen LogP contribution in [0, 0.1) is 5.41 Å². The summed E-state index contributed by atoms with van der Waals surface area (Å²) in [5.74, 6) is -2.32. The van der Waals surface area contributed by atoms with Crippen LogP contribution in [0.25, 0.3) is 0 Å². The molecule has 11 nitrogen and oxygen atoms in total. The van der Waals surface area contributed by atoms with Gasteiger partial charge in [0.05, 0.1) is 38.1 Å². The SMILES string of the molecule is CCCCCCCCCCCCCCCCCC(=O)OCC(COC(=O)CCC(=O)OCC(CO)(CO)CO)OC(=O)CCCCCCCCCCCCCCCCC. The number of hydrogen-bond donors (Lipinski definition) is 3. The van der Waals surface area contributed by atoms with Crippen molar-refractivity contribution in [1.29, 1.82) is 0 Å². The van der Waals surface area contributed by atoms with Crippen molar-refractivity contribution >= 4 is 23.9 Å². The lowest BCUT2D eigenvalue weighted by atomic mass is 9.93. The minimum atomic E-state index is -1.37. The minimum Gasteiger partial charge on any atom is -0.465 e. The van der Waals surface area contributed by atoms with E-state index in [-0.39, 0.29) is 44.9 Å². The van der Waals surface area contributed by atoms with Gasteiger partial charge in [-0.3, -0.25) is 19.2 Å². The van der Waals surface area contributed by atoms with E-state index < -0.39 is 55.9 Å². The number of aliphatic hydroxyl groups excluding tert-OH is 3. The third-order valence-electron chi connectivity index (χ3n) is 11.2. The monoisotopic (exact) mass is 843 g/mol. The summed E-state index contributed by atoms with van der Waals surface area (Å²) in [7, 11) is 0. The fraction of sp³-hybridized carbons (Fsp3) is 0.917.